The Balaban J connectivity index is 1.65. The average molecular weight is 616 g/mol. The lowest BCUT2D eigenvalue weighted by Gasteiger charge is -2.29. The molecule has 0 radical (unpaired) electrons. The van der Waals surface area contributed by atoms with Crippen molar-refractivity contribution in [1.29, 1.82) is 0 Å². The van der Waals surface area contributed by atoms with Crippen LogP contribution >= 0.6 is 0 Å². The van der Waals surface area contributed by atoms with Gasteiger partial charge in [-0.05, 0) is 93.4 Å². The second kappa shape index (κ2) is 15.9. The Morgan fingerprint density at radius 1 is 0.907 bits per heavy atom. The highest BCUT2D eigenvalue weighted by atomic mass is 32.2. The van der Waals surface area contributed by atoms with Gasteiger partial charge in [0.1, 0.15) is 23.4 Å². The van der Waals surface area contributed by atoms with Crippen molar-refractivity contribution in [3.63, 3.8) is 0 Å². The molecule has 0 saturated carbocycles. The van der Waals surface area contributed by atoms with Gasteiger partial charge >= 0.3 is 0 Å². The first-order chi connectivity index (χ1) is 20.5. The molecule has 3 aromatic carbocycles. The lowest BCUT2D eigenvalue weighted by Crippen LogP contribution is -2.49. The zero-order valence-electron chi connectivity index (χ0n) is 24.7. The Hall–Kier alpha value is -4.16. The average Bonchev–Trinajstić information content (AvgIpc) is 2.99. The van der Waals surface area contributed by atoms with Gasteiger partial charge < -0.3 is 24.4 Å². The van der Waals surface area contributed by atoms with E-state index in [1.807, 2.05) is 26.0 Å². The van der Waals surface area contributed by atoms with Gasteiger partial charge in [-0.15, -0.1) is 0 Å². The number of carbonyl (C=O) groups excluding carboxylic acids is 2. The van der Waals surface area contributed by atoms with Crippen molar-refractivity contribution in [2.75, 3.05) is 31.6 Å². The molecule has 0 fully saturated rings. The van der Waals surface area contributed by atoms with Crippen LogP contribution in [0.3, 0.4) is 0 Å². The Morgan fingerprint density at radius 3 is 2.14 bits per heavy atom. The summed E-state index contributed by atoms with van der Waals surface area (Å²) < 4.78 is 57.3. The number of benzene rings is 3. The molecule has 1 unspecified atom stereocenters. The zero-order chi connectivity index (χ0) is 31.4. The SMILES string of the molecule is COc1ccc(CN(C(=O)COc2ccc(S(=O)(=O)Nc3ccc(F)cc3)cc2)C(C)C(=O)NCCCOC(C)C)cc1. The molecule has 0 aliphatic heterocycles. The molecule has 0 spiro atoms. The van der Waals surface area contributed by atoms with Crippen molar-refractivity contribution < 1.29 is 36.6 Å². The van der Waals surface area contributed by atoms with Gasteiger partial charge in [0, 0.05) is 25.4 Å². The molecule has 3 aromatic rings. The van der Waals surface area contributed by atoms with Gasteiger partial charge in [0.15, 0.2) is 6.61 Å². The van der Waals surface area contributed by atoms with Crippen LogP contribution in [0.15, 0.2) is 77.7 Å². The molecule has 12 heteroatoms. The fraction of sp³-hybridized carbons (Fsp3) is 0.355. The summed E-state index contributed by atoms with van der Waals surface area (Å²) in [6, 6.07) is 16.8. The maximum Gasteiger partial charge on any atom is 0.261 e. The summed E-state index contributed by atoms with van der Waals surface area (Å²) in [7, 11) is -2.37. The number of hydrogen-bond donors (Lipinski definition) is 2. The number of methoxy groups -OCH3 is 1. The predicted octanol–water partition coefficient (Wildman–Crippen LogP) is 4.36. The van der Waals surface area contributed by atoms with Crippen LogP contribution in [0.1, 0.15) is 32.8 Å². The van der Waals surface area contributed by atoms with Crippen LogP contribution in [-0.4, -0.2) is 64.1 Å². The van der Waals surface area contributed by atoms with E-state index in [1.165, 1.54) is 41.3 Å². The number of anilines is 1. The van der Waals surface area contributed by atoms with Crippen molar-refractivity contribution in [2.45, 2.75) is 50.8 Å². The molecular formula is C31H38FN3O7S. The number of hydrogen-bond acceptors (Lipinski definition) is 7. The van der Waals surface area contributed by atoms with Crippen molar-refractivity contribution in [3.8, 4) is 11.5 Å². The first kappa shape index (κ1) is 33.3. The maximum atomic E-state index is 13.3. The molecule has 10 nitrogen and oxygen atoms in total. The van der Waals surface area contributed by atoms with Gasteiger partial charge in [0.05, 0.1) is 18.1 Å². The summed E-state index contributed by atoms with van der Waals surface area (Å²) in [5.74, 6) is -0.298. The molecule has 3 rings (SSSR count). The third-order valence-corrected chi connectivity index (χ3v) is 7.74. The van der Waals surface area contributed by atoms with Gasteiger partial charge in [-0.25, -0.2) is 12.8 Å². The summed E-state index contributed by atoms with van der Waals surface area (Å²) >= 11 is 0. The molecule has 2 amide bonds. The van der Waals surface area contributed by atoms with Crippen LogP contribution in [0.25, 0.3) is 0 Å². The van der Waals surface area contributed by atoms with Crippen LogP contribution in [-0.2, 0) is 30.9 Å². The first-order valence-electron chi connectivity index (χ1n) is 13.8. The normalized spacial score (nSPS) is 12.0. The van der Waals surface area contributed by atoms with E-state index in [0.717, 1.165) is 17.7 Å². The van der Waals surface area contributed by atoms with E-state index in [2.05, 4.69) is 10.0 Å². The van der Waals surface area contributed by atoms with E-state index in [0.29, 0.717) is 25.3 Å². The van der Waals surface area contributed by atoms with Crippen molar-refractivity contribution in [3.05, 3.63) is 84.2 Å². The quantitative estimate of drug-likeness (QED) is 0.230. The van der Waals surface area contributed by atoms with Gasteiger partial charge in [0.2, 0.25) is 5.91 Å². The Kier molecular flexibility index (Phi) is 12.3. The van der Waals surface area contributed by atoms with E-state index in [9.17, 15) is 22.4 Å². The smallest absolute Gasteiger partial charge is 0.261 e. The number of nitrogens with zero attached hydrogens (tertiary/aromatic N) is 1. The molecule has 0 aliphatic rings. The second-order valence-corrected chi connectivity index (χ2v) is 11.7. The van der Waals surface area contributed by atoms with E-state index >= 15 is 0 Å². The molecule has 0 aliphatic carbocycles. The highest BCUT2D eigenvalue weighted by molar-refractivity contribution is 7.92. The molecule has 0 saturated heterocycles. The number of amides is 2. The molecule has 232 valence electrons. The topological polar surface area (TPSA) is 123 Å². The monoisotopic (exact) mass is 615 g/mol. The largest absolute Gasteiger partial charge is 0.497 e. The molecule has 2 N–H and O–H groups in total. The maximum absolute atomic E-state index is 13.3. The molecule has 0 aromatic heterocycles. The van der Waals surface area contributed by atoms with E-state index in [1.54, 1.807) is 26.2 Å². The number of nitrogens with one attached hydrogen (secondary N) is 2. The number of sulfonamides is 1. The van der Waals surface area contributed by atoms with Crippen LogP contribution in [0.2, 0.25) is 0 Å². The van der Waals surface area contributed by atoms with Gasteiger partial charge in [0.25, 0.3) is 15.9 Å². The van der Waals surface area contributed by atoms with E-state index in [-0.39, 0.29) is 41.5 Å². The molecule has 0 bridgehead atoms. The van der Waals surface area contributed by atoms with Crippen LogP contribution in [0, 0.1) is 5.82 Å². The molecule has 0 heterocycles. The van der Waals surface area contributed by atoms with Crippen LogP contribution in [0.4, 0.5) is 10.1 Å². The second-order valence-electron chi connectivity index (χ2n) is 9.98. The fourth-order valence-electron chi connectivity index (χ4n) is 3.94. The van der Waals surface area contributed by atoms with Gasteiger partial charge in [-0.3, -0.25) is 14.3 Å². The third kappa shape index (κ3) is 10.6. The number of carbonyl (C=O) groups is 2. The molecular weight excluding hydrogens is 577 g/mol. The lowest BCUT2D eigenvalue weighted by molar-refractivity contribution is -0.142. The zero-order valence-corrected chi connectivity index (χ0v) is 25.5. The summed E-state index contributed by atoms with van der Waals surface area (Å²) in [6.07, 6.45) is 0.739. The highest BCUT2D eigenvalue weighted by Crippen LogP contribution is 2.20. The number of rotatable bonds is 16. The Bertz CT molecular complexity index is 1430. The Morgan fingerprint density at radius 2 is 1.53 bits per heavy atom. The van der Waals surface area contributed by atoms with Crippen molar-refractivity contribution in [1.82, 2.24) is 10.2 Å². The molecule has 1 atom stereocenters. The molecule has 43 heavy (non-hydrogen) atoms. The van der Waals surface area contributed by atoms with Crippen LogP contribution < -0.4 is 19.5 Å². The minimum Gasteiger partial charge on any atom is -0.497 e. The van der Waals surface area contributed by atoms with Crippen molar-refractivity contribution in [2.24, 2.45) is 0 Å². The van der Waals surface area contributed by atoms with E-state index in [4.69, 9.17) is 14.2 Å². The van der Waals surface area contributed by atoms with E-state index < -0.39 is 27.8 Å². The van der Waals surface area contributed by atoms with Gasteiger partial charge in [-0.2, -0.15) is 0 Å². The number of ether oxygens (including phenoxy) is 3. The van der Waals surface area contributed by atoms with Crippen molar-refractivity contribution >= 4 is 27.5 Å². The van der Waals surface area contributed by atoms with Gasteiger partial charge in [-0.1, -0.05) is 12.1 Å². The van der Waals surface area contributed by atoms with Crippen LogP contribution in [0.5, 0.6) is 11.5 Å². The summed E-state index contributed by atoms with van der Waals surface area (Å²) in [6.45, 7) is 6.22. The summed E-state index contributed by atoms with van der Waals surface area (Å²) in [5.41, 5.74) is 1.01. The lowest BCUT2D eigenvalue weighted by atomic mass is 10.1. The predicted molar refractivity (Wildman–Crippen MR) is 161 cm³/mol. The minimum atomic E-state index is -3.93. The standard InChI is InChI=1S/C31H38FN3O7S/c1-22(2)41-19-5-18-33-31(37)23(3)35(20-24-6-12-27(40-4)13-7-24)30(36)21-42-28-14-16-29(17-15-28)43(38,39)34-26-10-8-25(32)9-11-26/h6-17,22-23,34H,5,18-21H2,1-4H3,(H,33,37). The fourth-order valence-corrected chi connectivity index (χ4v) is 4.99. The summed E-state index contributed by atoms with van der Waals surface area (Å²) in [4.78, 5) is 27.7. The summed E-state index contributed by atoms with van der Waals surface area (Å²) in [5, 5.41) is 2.85. The highest BCUT2D eigenvalue weighted by Gasteiger charge is 2.26. The Labute approximate surface area is 252 Å². The third-order valence-electron chi connectivity index (χ3n) is 6.34. The minimum absolute atomic E-state index is 0.0410. The number of halogens is 1. The first-order valence-corrected chi connectivity index (χ1v) is 15.3.